The van der Waals surface area contributed by atoms with Gasteiger partial charge in [0.1, 0.15) is 0 Å². The first-order valence-electron chi connectivity index (χ1n) is 10.3. The predicted octanol–water partition coefficient (Wildman–Crippen LogP) is 4.80. The summed E-state index contributed by atoms with van der Waals surface area (Å²) >= 11 is 1.34. The SMILES string of the molecule is CCOCCCn1c(S[C@H](C)C(=O)c2cc(C)ccc2C)nc2ccccc2c1=O. The molecule has 3 rings (SSSR count). The number of benzene rings is 2. The number of nitrogens with zero attached hydrogens (tertiary/aromatic N) is 2. The second-order valence-corrected chi connectivity index (χ2v) is 8.67. The molecule has 3 aromatic rings. The third-order valence-corrected chi connectivity index (χ3v) is 6.10. The van der Waals surface area contributed by atoms with Gasteiger partial charge in [0.15, 0.2) is 10.9 Å². The Kier molecular flexibility index (Phi) is 7.45. The Morgan fingerprint density at radius 2 is 1.97 bits per heavy atom. The van der Waals surface area contributed by atoms with E-state index in [0.29, 0.717) is 42.2 Å². The van der Waals surface area contributed by atoms with E-state index in [1.807, 2.05) is 64.1 Å². The van der Waals surface area contributed by atoms with Crippen LogP contribution in [0.4, 0.5) is 0 Å². The van der Waals surface area contributed by atoms with Crippen LogP contribution in [0.1, 0.15) is 41.8 Å². The average molecular weight is 425 g/mol. The minimum Gasteiger partial charge on any atom is -0.382 e. The summed E-state index contributed by atoms with van der Waals surface area (Å²) in [7, 11) is 0. The van der Waals surface area contributed by atoms with Gasteiger partial charge in [0.05, 0.1) is 16.2 Å². The van der Waals surface area contributed by atoms with Gasteiger partial charge >= 0.3 is 0 Å². The number of carbonyl (C=O) groups excluding carboxylic acids is 1. The minimum atomic E-state index is -0.364. The number of carbonyl (C=O) groups is 1. The maximum atomic E-state index is 13.1. The second-order valence-electron chi connectivity index (χ2n) is 7.36. The Hall–Kier alpha value is -2.44. The molecule has 0 fully saturated rings. The zero-order valence-corrected chi connectivity index (χ0v) is 18.8. The molecule has 0 aliphatic heterocycles. The van der Waals surface area contributed by atoms with E-state index in [-0.39, 0.29) is 16.6 Å². The Bertz CT molecular complexity index is 1110. The quantitative estimate of drug-likeness (QED) is 0.214. The molecule has 0 amide bonds. The van der Waals surface area contributed by atoms with Crippen molar-refractivity contribution in [3.63, 3.8) is 0 Å². The van der Waals surface area contributed by atoms with Crippen LogP contribution in [-0.4, -0.2) is 33.8 Å². The monoisotopic (exact) mass is 424 g/mol. The van der Waals surface area contributed by atoms with Gasteiger partial charge in [-0.2, -0.15) is 0 Å². The number of aromatic nitrogens is 2. The molecular formula is C24H28N2O3S. The fourth-order valence-electron chi connectivity index (χ4n) is 3.34. The fourth-order valence-corrected chi connectivity index (χ4v) is 4.34. The average Bonchev–Trinajstić information content (AvgIpc) is 2.74. The Labute approximate surface area is 181 Å². The summed E-state index contributed by atoms with van der Waals surface area (Å²) in [6.45, 7) is 9.48. The highest BCUT2D eigenvalue weighted by atomic mass is 32.2. The van der Waals surface area contributed by atoms with Crippen molar-refractivity contribution in [2.75, 3.05) is 13.2 Å². The number of ether oxygens (including phenoxy) is 1. The third kappa shape index (κ3) is 4.99. The summed E-state index contributed by atoms with van der Waals surface area (Å²) in [6.07, 6.45) is 0.709. The lowest BCUT2D eigenvalue weighted by Gasteiger charge is -2.17. The third-order valence-electron chi connectivity index (χ3n) is 5.01. The molecule has 6 heteroatoms. The number of hydrogen-bond donors (Lipinski definition) is 0. The molecule has 0 N–H and O–H groups in total. The molecule has 158 valence electrons. The molecule has 0 aliphatic carbocycles. The van der Waals surface area contributed by atoms with Crippen molar-refractivity contribution in [1.82, 2.24) is 9.55 Å². The molecule has 1 aromatic heterocycles. The normalized spacial score (nSPS) is 12.3. The minimum absolute atomic E-state index is 0.0458. The molecule has 2 aromatic carbocycles. The zero-order chi connectivity index (χ0) is 21.7. The molecule has 0 saturated heterocycles. The van der Waals surface area contributed by atoms with Gasteiger partial charge < -0.3 is 4.74 Å². The molecule has 0 bridgehead atoms. The van der Waals surface area contributed by atoms with E-state index in [2.05, 4.69) is 0 Å². The number of thioether (sulfide) groups is 1. The van der Waals surface area contributed by atoms with Crippen LogP contribution in [0.15, 0.2) is 52.4 Å². The summed E-state index contributed by atoms with van der Waals surface area (Å²) in [5, 5.41) is 0.796. The maximum Gasteiger partial charge on any atom is 0.262 e. The molecule has 0 saturated carbocycles. The summed E-state index contributed by atoms with van der Waals surface area (Å²) in [5.74, 6) is 0.0458. The molecule has 1 atom stereocenters. The van der Waals surface area contributed by atoms with E-state index in [1.165, 1.54) is 11.8 Å². The van der Waals surface area contributed by atoms with E-state index in [1.54, 1.807) is 10.6 Å². The highest BCUT2D eigenvalue weighted by Crippen LogP contribution is 2.26. The van der Waals surface area contributed by atoms with Crippen LogP contribution < -0.4 is 5.56 Å². The van der Waals surface area contributed by atoms with Crippen molar-refractivity contribution in [1.29, 1.82) is 0 Å². The molecule has 30 heavy (non-hydrogen) atoms. The summed E-state index contributed by atoms with van der Waals surface area (Å²) in [5.41, 5.74) is 3.31. The van der Waals surface area contributed by atoms with Gasteiger partial charge in [-0.3, -0.25) is 14.2 Å². The van der Waals surface area contributed by atoms with E-state index < -0.39 is 0 Å². The highest BCUT2D eigenvalue weighted by molar-refractivity contribution is 8.00. The second kappa shape index (κ2) is 10.0. The van der Waals surface area contributed by atoms with Gasteiger partial charge in [0.25, 0.3) is 5.56 Å². The standard InChI is InChI=1S/C24H28N2O3S/c1-5-29-14-8-13-26-23(28)19-9-6-7-10-21(19)25-24(26)30-18(4)22(27)20-15-16(2)11-12-17(20)3/h6-7,9-12,15,18H,5,8,13-14H2,1-4H3/t18-/m1/s1. The first kappa shape index (κ1) is 22.2. The van der Waals surface area contributed by atoms with Crippen molar-refractivity contribution < 1.29 is 9.53 Å². The van der Waals surface area contributed by atoms with E-state index in [0.717, 1.165) is 16.7 Å². The van der Waals surface area contributed by atoms with Gasteiger partial charge in [0, 0.05) is 25.3 Å². The molecular weight excluding hydrogens is 396 g/mol. The first-order chi connectivity index (χ1) is 14.4. The van der Waals surface area contributed by atoms with Crippen LogP contribution in [0, 0.1) is 13.8 Å². The number of rotatable bonds is 9. The van der Waals surface area contributed by atoms with Crippen LogP contribution >= 0.6 is 11.8 Å². The molecule has 0 spiro atoms. The number of para-hydroxylation sites is 1. The number of aryl methyl sites for hydroxylation is 2. The number of ketones is 1. The van der Waals surface area contributed by atoms with Crippen molar-refractivity contribution in [3.05, 3.63) is 69.5 Å². The van der Waals surface area contributed by atoms with Gasteiger partial charge in [-0.25, -0.2) is 4.98 Å². The van der Waals surface area contributed by atoms with Crippen molar-refractivity contribution in [2.45, 2.75) is 51.1 Å². The van der Waals surface area contributed by atoms with Gasteiger partial charge in [-0.1, -0.05) is 41.6 Å². The fraction of sp³-hybridized carbons (Fsp3) is 0.375. The van der Waals surface area contributed by atoms with Crippen LogP contribution in [0.5, 0.6) is 0 Å². The molecule has 1 heterocycles. The largest absolute Gasteiger partial charge is 0.382 e. The van der Waals surface area contributed by atoms with Crippen molar-refractivity contribution in [3.8, 4) is 0 Å². The Balaban J connectivity index is 1.94. The zero-order valence-electron chi connectivity index (χ0n) is 18.0. The number of hydrogen-bond acceptors (Lipinski definition) is 5. The Morgan fingerprint density at radius 1 is 1.20 bits per heavy atom. The van der Waals surface area contributed by atoms with Gasteiger partial charge in [0.2, 0.25) is 0 Å². The van der Waals surface area contributed by atoms with E-state index in [4.69, 9.17) is 9.72 Å². The van der Waals surface area contributed by atoms with Gasteiger partial charge in [-0.15, -0.1) is 0 Å². The topological polar surface area (TPSA) is 61.2 Å². The van der Waals surface area contributed by atoms with Crippen LogP contribution in [0.25, 0.3) is 10.9 Å². The number of fused-ring (bicyclic) bond motifs is 1. The first-order valence-corrected chi connectivity index (χ1v) is 11.2. The van der Waals surface area contributed by atoms with Crippen LogP contribution in [0.3, 0.4) is 0 Å². The Morgan fingerprint density at radius 3 is 2.73 bits per heavy atom. The summed E-state index contributed by atoms with van der Waals surface area (Å²) in [6, 6.07) is 13.2. The summed E-state index contributed by atoms with van der Waals surface area (Å²) in [4.78, 5) is 31.0. The molecule has 5 nitrogen and oxygen atoms in total. The van der Waals surface area contributed by atoms with Crippen LogP contribution in [0.2, 0.25) is 0 Å². The van der Waals surface area contributed by atoms with Gasteiger partial charge in [-0.05, 0) is 57.9 Å². The van der Waals surface area contributed by atoms with Crippen LogP contribution in [-0.2, 0) is 11.3 Å². The summed E-state index contributed by atoms with van der Waals surface area (Å²) < 4.78 is 7.11. The maximum absolute atomic E-state index is 13.1. The molecule has 0 radical (unpaired) electrons. The van der Waals surface area contributed by atoms with Crippen molar-refractivity contribution in [2.24, 2.45) is 0 Å². The van der Waals surface area contributed by atoms with E-state index >= 15 is 0 Å². The lowest BCUT2D eigenvalue weighted by atomic mass is 10.0. The lowest BCUT2D eigenvalue weighted by Crippen LogP contribution is -2.26. The predicted molar refractivity (Wildman–Crippen MR) is 123 cm³/mol. The number of Topliss-reactive ketones (excluding diaryl/α,β-unsaturated/α-hetero) is 1. The molecule has 0 aliphatic rings. The van der Waals surface area contributed by atoms with E-state index in [9.17, 15) is 9.59 Å². The lowest BCUT2D eigenvalue weighted by molar-refractivity contribution is 0.0993. The van der Waals surface area contributed by atoms with Crippen molar-refractivity contribution >= 4 is 28.4 Å². The highest BCUT2D eigenvalue weighted by Gasteiger charge is 2.22. The molecule has 0 unspecified atom stereocenters. The smallest absolute Gasteiger partial charge is 0.262 e.